The van der Waals surface area contributed by atoms with Crippen LogP contribution in [-0.4, -0.2) is 33.9 Å². The van der Waals surface area contributed by atoms with Gasteiger partial charge < -0.3 is 10.6 Å². The number of rotatable bonds is 5. The number of hydrogen-bond acceptors (Lipinski definition) is 3. The minimum atomic E-state index is -2.60. The first-order chi connectivity index (χ1) is 8.58. The third-order valence-electron chi connectivity index (χ3n) is 2.42. The SMILES string of the molecule is CCN(CC)C(N)=NCc1nccc(C(F)F)n1. The van der Waals surface area contributed by atoms with Crippen LogP contribution in [0.25, 0.3) is 0 Å². The molecule has 100 valence electrons. The van der Waals surface area contributed by atoms with Crippen molar-refractivity contribution < 1.29 is 8.78 Å². The van der Waals surface area contributed by atoms with E-state index in [0.717, 1.165) is 13.1 Å². The summed E-state index contributed by atoms with van der Waals surface area (Å²) < 4.78 is 24.8. The molecule has 18 heavy (non-hydrogen) atoms. The van der Waals surface area contributed by atoms with Crippen molar-refractivity contribution in [2.45, 2.75) is 26.8 Å². The fraction of sp³-hybridized carbons (Fsp3) is 0.545. The molecule has 0 bridgehead atoms. The average Bonchev–Trinajstić information content (AvgIpc) is 2.38. The molecule has 0 fully saturated rings. The molecule has 1 aromatic rings. The standard InChI is InChI=1S/C11H17F2N5/c1-3-18(4-2)11(14)16-7-9-15-6-5-8(17-9)10(12)13/h5-6,10H,3-4,7H2,1-2H3,(H2,14,16). The van der Waals surface area contributed by atoms with E-state index in [2.05, 4.69) is 15.0 Å². The van der Waals surface area contributed by atoms with Crippen LogP contribution in [0.4, 0.5) is 8.78 Å². The third kappa shape index (κ3) is 3.90. The molecule has 0 spiro atoms. The van der Waals surface area contributed by atoms with Crippen molar-refractivity contribution in [1.29, 1.82) is 0 Å². The smallest absolute Gasteiger partial charge is 0.280 e. The lowest BCUT2D eigenvalue weighted by atomic mass is 10.4. The third-order valence-corrected chi connectivity index (χ3v) is 2.42. The zero-order chi connectivity index (χ0) is 13.5. The van der Waals surface area contributed by atoms with Gasteiger partial charge in [0.1, 0.15) is 18.1 Å². The highest BCUT2D eigenvalue weighted by atomic mass is 19.3. The zero-order valence-corrected chi connectivity index (χ0v) is 10.5. The lowest BCUT2D eigenvalue weighted by Crippen LogP contribution is -2.37. The maximum atomic E-state index is 12.4. The molecule has 0 unspecified atom stereocenters. The van der Waals surface area contributed by atoms with E-state index in [0.29, 0.717) is 5.96 Å². The minimum absolute atomic E-state index is 0.100. The van der Waals surface area contributed by atoms with Gasteiger partial charge in [0.25, 0.3) is 6.43 Å². The number of halogens is 2. The lowest BCUT2D eigenvalue weighted by molar-refractivity contribution is 0.145. The number of alkyl halides is 2. The van der Waals surface area contributed by atoms with E-state index in [1.807, 2.05) is 18.7 Å². The quantitative estimate of drug-likeness (QED) is 0.642. The Labute approximate surface area is 105 Å². The second kappa shape index (κ2) is 6.83. The van der Waals surface area contributed by atoms with Gasteiger partial charge in [-0.25, -0.2) is 23.7 Å². The largest absolute Gasteiger partial charge is 0.370 e. The van der Waals surface area contributed by atoms with Crippen molar-refractivity contribution in [3.63, 3.8) is 0 Å². The second-order valence-electron chi connectivity index (χ2n) is 3.55. The molecule has 0 amide bonds. The summed E-state index contributed by atoms with van der Waals surface area (Å²) in [7, 11) is 0. The van der Waals surface area contributed by atoms with E-state index in [-0.39, 0.29) is 18.1 Å². The van der Waals surface area contributed by atoms with E-state index >= 15 is 0 Å². The van der Waals surface area contributed by atoms with Gasteiger partial charge in [-0.15, -0.1) is 0 Å². The summed E-state index contributed by atoms with van der Waals surface area (Å²) >= 11 is 0. The molecule has 0 atom stereocenters. The van der Waals surface area contributed by atoms with Crippen LogP contribution in [0.3, 0.4) is 0 Å². The second-order valence-corrected chi connectivity index (χ2v) is 3.55. The van der Waals surface area contributed by atoms with Crippen molar-refractivity contribution >= 4 is 5.96 Å². The zero-order valence-electron chi connectivity index (χ0n) is 10.5. The molecule has 5 nitrogen and oxygen atoms in total. The maximum Gasteiger partial charge on any atom is 0.280 e. The van der Waals surface area contributed by atoms with Gasteiger partial charge in [-0.1, -0.05) is 0 Å². The first-order valence-electron chi connectivity index (χ1n) is 5.73. The monoisotopic (exact) mass is 257 g/mol. The van der Waals surface area contributed by atoms with Gasteiger partial charge in [-0.2, -0.15) is 0 Å². The number of nitrogens with two attached hydrogens (primary N) is 1. The molecule has 1 heterocycles. The molecule has 2 N–H and O–H groups in total. The number of guanidine groups is 1. The van der Waals surface area contributed by atoms with Crippen LogP contribution in [-0.2, 0) is 6.54 Å². The molecule has 0 aliphatic heterocycles. The maximum absolute atomic E-state index is 12.4. The Morgan fingerprint density at radius 2 is 2.11 bits per heavy atom. The van der Waals surface area contributed by atoms with Gasteiger partial charge in [0.2, 0.25) is 0 Å². The average molecular weight is 257 g/mol. The number of aliphatic imine (C=N–C) groups is 1. The number of nitrogens with zero attached hydrogens (tertiary/aromatic N) is 4. The lowest BCUT2D eigenvalue weighted by Gasteiger charge is -2.19. The van der Waals surface area contributed by atoms with Crippen molar-refractivity contribution in [3.8, 4) is 0 Å². The van der Waals surface area contributed by atoms with Crippen molar-refractivity contribution in [3.05, 3.63) is 23.8 Å². The molecular formula is C11H17F2N5. The molecule has 0 radical (unpaired) electrons. The summed E-state index contributed by atoms with van der Waals surface area (Å²) in [5, 5.41) is 0. The van der Waals surface area contributed by atoms with Gasteiger partial charge >= 0.3 is 0 Å². The Morgan fingerprint density at radius 1 is 1.44 bits per heavy atom. The van der Waals surface area contributed by atoms with Crippen LogP contribution in [0.1, 0.15) is 31.8 Å². The summed E-state index contributed by atoms with van der Waals surface area (Å²) in [6.45, 7) is 5.50. The molecule has 0 aromatic carbocycles. The van der Waals surface area contributed by atoms with Gasteiger partial charge in [-0.05, 0) is 19.9 Å². The first-order valence-corrected chi connectivity index (χ1v) is 5.73. The van der Waals surface area contributed by atoms with E-state index in [1.54, 1.807) is 0 Å². The predicted molar refractivity (Wildman–Crippen MR) is 65.2 cm³/mol. The van der Waals surface area contributed by atoms with Crippen molar-refractivity contribution in [2.75, 3.05) is 13.1 Å². The molecule has 1 aromatic heterocycles. The molecule has 0 aliphatic rings. The number of aromatic nitrogens is 2. The Bertz CT molecular complexity index is 404. The van der Waals surface area contributed by atoms with E-state index in [1.165, 1.54) is 12.3 Å². The van der Waals surface area contributed by atoms with E-state index < -0.39 is 6.43 Å². The Hall–Kier alpha value is -1.79. The summed E-state index contributed by atoms with van der Waals surface area (Å²) in [6, 6.07) is 1.19. The first kappa shape index (κ1) is 14.3. The summed E-state index contributed by atoms with van der Waals surface area (Å²) in [6.07, 6.45) is -1.30. The molecular weight excluding hydrogens is 240 g/mol. The predicted octanol–water partition coefficient (Wildman–Crippen LogP) is 1.57. The van der Waals surface area contributed by atoms with Crippen LogP contribution in [0.2, 0.25) is 0 Å². The molecule has 1 rings (SSSR count). The van der Waals surface area contributed by atoms with Gasteiger partial charge in [0.05, 0.1) is 0 Å². The normalized spacial score (nSPS) is 11.9. The molecule has 0 saturated heterocycles. The van der Waals surface area contributed by atoms with E-state index in [9.17, 15) is 8.78 Å². The van der Waals surface area contributed by atoms with Gasteiger partial charge in [0, 0.05) is 19.3 Å². The van der Waals surface area contributed by atoms with Crippen LogP contribution >= 0.6 is 0 Å². The molecule has 0 aliphatic carbocycles. The summed E-state index contributed by atoms with van der Waals surface area (Å²) in [5.41, 5.74) is 5.46. The number of hydrogen-bond donors (Lipinski definition) is 1. The Balaban J connectivity index is 2.73. The minimum Gasteiger partial charge on any atom is -0.370 e. The highest BCUT2D eigenvalue weighted by molar-refractivity contribution is 5.77. The molecule has 7 heteroatoms. The summed E-state index contributed by atoms with van der Waals surface area (Å²) in [4.78, 5) is 13.5. The van der Waals surface area contributed by atoms with Crippen LogP contribution in [0, 0.1) is 0 Å². The Kier molecular flexibility index (Phi) is 5.41. The fourth-order valence-corrected chi connectivity index (χ4v) is 1.41. The van der Waals surface area contributed by atoms with Crippen LogP contribution < -0.4 is 5.73 Å². The Morgan fingerprint density at radius 3 is 2.67 bits per heavy atom. The van der Waals surface area contributed by atoms with E-state index in [4.69, 9.17) is 5.73 Å². The summed E-state index contributed by atoms with van der Waals surface area (Å²) in [5.74, 6) is 0.606. The topological polar surface area (TPSA) is 67.4 Å². The van der Waals surface area contributed by atoms with Crippen LogP contribution in [0.5, 0.6) is 0 Å². The van der Waals surface area contributed by atoms with Gasteiger partial charge in [-0.3, -0.25) is 0 Å². The van der Waals surface area contributed by atoms with Crippen molar-refractivity contribution in [2.24, 2.45) is 10.7 Å². The van der Waals surface area contributed by atoms with Crippen LogP contribution in [0.15, 0.2) is 17.3 Å². The highest BCUT2D eigenvalue weighted by Crippen LogP contribution is 2.15. The van der Waals surface area contributed by atoms with Crippen molar-refractivity contribution in [1.82, 2.24) is 14.9 Å². The highest BCUT2D eigenvalue weighted by Gasteiger charge is 2.09. The molecule has 0 saturated carbocycles. The fourth-order valence-electron chi connectivity index (χ4n) is 1.41. The van der Waals surface area contributed by atoms with Gasteiger partial charge in [0.15, 0.2) is 5.96 Å².